The third-order valence-corrected chi connectivity index (χ3v) is 3.12. The van der Waals surface area contributed by atoms with Crippen LogP contribution < -0.4 is 0 Å². The van der Waals surface area contributed by atoms with E-state index in [0.717, 1.165) is 18.9 Å². The van der Waals surface area contributed by atoms with Gasteiger partial charge in [0.05, 0.1) is 14.2 Å². The van der Waals surface area contributed by atoms with Crippen LogP contribution in [-0.4, -0.2) is 61.5 Å². The van der Waals surface area contributed by atoms with Crippen LogP contribution in [0.5, 0.6) is 0 Å². The zero-order chi connectivity index (χ0) is 16.9. The lowest BCUT2D eigenvalue weighted by atomic mass is 9.98. The predicted molar refractivity (Wildman–Crippen MR) is 70.4 cm³/mol. The van der Waals surface area contributed by atoms with Gasteiger partial charge in [-0.05, 0) is 12.8 Å². The van der Waals surface area contributed by atoms with E-state index >= 15 is 0 Å². The van der Waals surface area contributed by atoms with Gasteiger partial charge in [-0.25, -0.2) is 9.59 Å². The molecule has 2 unspecified atom stereocenters. The smallest absolute Gasteiger partial charge is 0.413 e. The van der Waals surface area contributed by atoms with Gasteiger partial charge in [0.15, 0.2) is 6.10 Å². The molecule has 1 amide bonds. The summed E-state index contributed by atoms with van der Waals surface area (Å²) < 4.78 is 19.4. The van der Waals surface area contributed by atoms with Crippen molar-refractivity contribution in [1.82, 2.24) is 4.90 Å². The van der Waals surface area contributed by atoms with Crippen molar-refractivity contribution in [1.29, 1.82) is 0 Å². The molecule has 0 radical (unpaired) electrons. The van der Waals surface area contributed by atoms with Crippen molar-refractivity contribution < 1.29 is 38.1 Å². The molecule has 0 spiro atoms. The molecule has 124 valence electrons. The number of hydrogen-bond donors (Lipinski definition) is 0. The number of likely N-dealkylation sites (tertiary alicyclic amines) is 1. The highest BCUT2D eigenvalue weighted by Crippen LogP contribution is 2.28. The van der Waals surface area contributed by atoms with E-state index in [1.165, 1.54) is 14.0 Å². The highest BCUT2D eigenvalue weighted by molar-refractivity contribution is 5.82. The first kappa shape index (κ1) is 17.7. The second-order valence-corrected chi connectivity index (χ2v) is 4.64. The van der Waals surface area contributed by atoms with Crippen LogP contribution in [-0.2, 0) is 33.3 Å². The summed E-state index contributed by atoms with van der Waals surface area (Å²) in [5, 5.41) is 0. The molecule has 22 heavy (non-hydrogen) atoms. The standard InChI is InChI=1S/C13H19NO8/c1-7(15)21-10-6-5-9(12(17)19-3)14(13(18)20-4)11(10)22-8(2)16/h9-11H,5-6H2,1-4H3/t9-,10?,11?/m0/s1. The zero-order valence-corrected chi connectivity index (χ0v) is 12.9. The number of methoxy groups -OCH3 is 2. The monoisotopic (exact) mass is 317 g/mol. The van der Waals surface area contributed by atoms with Gasteiger partial charge >= 0.3 is 24.0 Å². The van der Waals surface area contributed by atoms with Crippen molar-refractivity contribution >= 4 is 24.0 Å². The molecular weight excluding hydrogens is 298 g/mol. The maximum absolute atomic E-state index is 12.0. The number of piperidine rings is 1. The van der Waals surface area contributed by atoms with E-state index in [-0.39, 0.29) is 12.8 Å². The van der Waals surface area contributed by atoms with Crippen molar-refractivity contribution in [3.8, 4) is 0 Å². The van der Waals surface area contributed by atoms with E-state index in [1.807, 2.05) is 0 Å². The van der Waals surface area contributed by atoms with Crippen molar-refractivity contribution in [2.24, 2.45) is 0 Å². The molecule has 1 aliphatic heterocycles. The lowest BCUT2D eigenvalue weighted by Gasteiger charge is -2.42. The van der Waals surface area contributed by atoms with E-state index < -0.39 is 42.4 Å². The minimum atomic E-state index is -1.26. The van der Waals surface area contributed by atoms with Crippen molar-refractivity contribution in [3.63, 3.8) is 0 Å². The van der Waals surface area contributed by atoms with E-state index in [1.54, 1.807) is 0 Å². The molecule has 0 aromatic carbocycles. The molecule has 0 N–H and O–H groups in total. The summed E-state index contributed by atoms with van der Waals surface area (Å²) in [6.45, 7) is 2.34. The van der Waals surface area contributed by atoms with Gasteiger partial charge in [-0.15, -0.1) is 0 Å². The Morgan fingerprint density at radius 3 is 1.95 bits per heavy atom. The van der Waals surface area contributed by atoms with Crippen LogP contribution in [0.15, 0.2) is 0 Å². The molecule has 9 heteroatoms. The lowest BCUT2D eigenvalue weighted by molar-refractivity contribution is -0.195. The normalized spacial score (nSPS) is 24.2. The summed E-state index contributed by atoms with van der Waals surface area (Å²) in [6.07, 6.45) is -2.63. The van der Waals surface area contributed by atoms with Crippen molar-refractivity contribution in [2.45, 2.75) is 45.1 Å². The van der Waals surface area contributed by atoms with Gasteiger partial charge in [0, 0.05) is 13.8 Å². The maximum atomic E-state index is 12.0. The number of amides is 1. The van der Waals surface area contributed by atoms with Crippen LogP contribution >= 0.6 is 0 Å². The predicted octanol–water partition coefficient (Wildman–Crippen LogP) is 0.211. The van der Waals surface area contributed by atoms with Crippen molar-refractivity contribution in [3.05, 3.63) is 0 Å². The summed E-state index contributed by atoms with van der Waals surface area (Å²) in [4.78, 5) is 47.2. The fraction of sp³-hybridized carbons (Fsp3) is 0.692. The summed E-state index contributed by atoms with van der Waals surface area (Å²) in [7, 11) is 2.30. The fourth-order valence-electron chi connectivity index (χ4n) is 2.30. The summed E-state index contributed by atoms with van der Waals surface area (Å²) in [6, 6.07) is -0.992. The highest BCUT2D eigenvalue weighted by Gasteiger charge is 2.47. The second-order valence-electron chi connectivity index (χ2n) is 4.64. The Morgan fingerprint density at radius 2 is 1.50 bits per heavy atom. The molecular formula is C13H19NO8. The van der Waals surface area contributed by atoms with Gasteiger partial charge in [0.25, 0.3) is 0 Å². The highest BCUT2D eigenvalue weighted by atomic mass is 16.6. The molecule has 1 rings (SSSR count). The average Bonchev–Trinajstić information content (AvgIpc) is 2.46. The average molecular weight is 317 g/mol. The topological polar surface area (TPSA) is 108 Å². The summed E-state index contributed by atoms with van der Waals surface area (Å²) >= 11 is 0. The van der Waals surface area contributed by atoms with Crippen LogP contribution in [0.2, 0.25) is 0 Å². The number of nitrogens with zero attached hydrogens (tertiary/aromatic N) is 1. The van der Waals surface area contributed by atoms with Gasteiger partial charge in [-0.2, -0.15) is 0 Å². The third-order valence-electron chi connectivity index (χ3n) is 3.12. The molecule has 0 aliphatic carbocycles. The maximum Gasteiger partial charge on any atom is 0.413 e. The number of rotatable bonds is 3. The van der Waals surface area contributed by atoms with Crippen LogP contribution in [0, 0.1) is 0 Å². The third kappa shape index (κ3) is 4.09. The van der Waals surface area contributed by atoms with E-state index in [2.05, 4.69) is 9.47 Å². The van der Waals surface area contributed by atoms with Gasteiger partial charge in [0.2, 0.25) is 6.23 Å². The van der Waals surface area contributed by atoms with E-state index in [9.17, 15) is 19.2 Å². The fourth-order valence-corrected chi connectivity index (χ4v) is 2.30. The van der Waals surface area contributed by atoms with Crippen LogP contribution in [0.4, 0.5) is 4.79 Å². The molecule has 1 aliphatic rings. The van der Waals surface area contributed by atoms with Crippen molar-refractivity contribution in [2.75, 3.05) is 14.2 Å². The van der Waals surface area contributed by atoms with Crippen LogP contribution in [0.1, 0.15) is 26.7 Å². The van der Waals surface area contributed by atoms with Gasteiger partial charge in [0.1, 0.15) is 6.04 Å². The number of ether oxygens (including phenoxy) is 4. The first-order chi connectivity index (χ1) is 10.3. The largest absolute Gasteiger partial charge is 0.467 e. The Kier molecular flexibility index (Phi) is 6.14. The van der Waals surface area contributed by atoms with Gasteiger partial charge in [-0.1, -0.05) is 0 Å². The van der Waals surface area contributed by atoms with Crippen LogP contribution in [0.3, 0.4) is 0 Å². The molecule has 0 aromatic rings. The Labute approximate surface area is 127 Å². The Hall–Kier alpha value is -2.32. The molecule has 1 fully saturated rings. The molecule has 0 bridgehead atoms. The molecule has 3 atom stereocenters. The minimum absolute atomic E-state index is 0.178. The molecule has 1 saturated heterocycles. The molecule has 9 nitrogen and oxygen atoms in total. The Balaban J connectivity index is 3.15. The lowest BCUT2D eigenvalue weighted by Crippen LogP contribution is -2.60. The summed E-state index contributed by atoms with van der Waals surface area (Å²) in [5.41, 5.74) is 0. The number of carbonyl (C=O) groups is 4. The first-order valence-corrected chi connectivity index (χ1v) is 6.60. The molecule has 0 aromatic heterocycles. The Bertz CT molecular complexity index is 463. The molecule has 0 saturated carbocycles. The molecule has 1 heterocycles. The van der Waals surface area contributed by atoms with E-state index in [4.69, 9.17) is 9.47 Å². The zero-order valence-electron chi connectivity index (χ0n) is 12.9. The van der Waals surface area contributed by atoms with E-state index in [0.29, 0.717) is 0 Å². The van der Waals surface area contributed by atoms with Gasteiger partial charge < -0.3 is 18.9 Å². The first-order valence-electron chi connectivity index (χ1n) is 6.60. The summed E-state index contributed by atoms with van der Waals surface area (Å²) in [5.74, 6) is -1.96. The quantitative estimate of drug-likeness (QED) is 0.537. The SMILES string of the molecule is COC(=O)[C@@H]1CCC(OC(C)=O)C(OC(C)=O)N1C(=O)OC. The number of hydrogen-bond acceptors (Lipinski definition) is 8. The number of esters is 3. The van der Waals surface area contributed by atoms with Crippen LogP contribution in [0.25, 0.3) is 0 Å². The second kappa shape index (κ2) is 7.62. The van der Waals surface area contributed by atoms with Gasteiger partial charge in [-0.3, -0.25) is 14.5 Å². The Morgan fingerprint density at radius 1 is 0.909 bits per heavy atom. The minimum Gasteiger partial charge on any atom is -0.467 e. The number of carbonyl (C=O) groups excluding carboxylic acids is 4.